The molecule has 3 nitrogen and oxygen atoms in total. The van der Waals surface area contributed by atoms with Gasteiger partial charge in [-0.05, 0) is 31.5 Å². The Morgan fingerprint density at radius 1 is 1.35 bits per heavy atom. The van der Waals surface area contributed by atoms with Crippen molar-refractivity contribution in [2.45, 2.75) is 31.6 Å². The second kappa shape index (κ2) is 5.83. The molecule has 1 amide bonds. The molecule has 0 aromatic heterocycles. The lowest BCUT2D eigenvalue weighted by Gasteiger charge is -2.19. The molecular formula is C14H17F3N2O. The fourth-order valence-electron chi connectivity index (χ4n) is 2.03. The number of alkyl halides is 3. The normalized spacial score (nSPS) is 15.4. The van der Waals surface area contributed by atoms with E-state index in [2.05, 4.69) is 5.32 Å². The Balaban J connectivity index is 1.96. The predicted molar refractivity (Wildman–Crippen MR) is 68.9 cm³/mol. The Morgan fingerprint density at radius 2 is 2.00 bits per heavy atom. The highest BCUT2D eigenvalue weighted by atomic mass is 19.4. The first-order valence-electron chi connectivity index (χ1n) is 6.49. The third-order valence-electron chi connectivity index (χ3n) is 3.12. The number of nitrogens with zero attached hydrogens (tertiary/aromatic N) is 1. The van der Waals surface area contributed by atoms with Gasteiger partial charge in [0.2, 0.25) is 5.91 Å². The number of hydrogen-bond donors (Lipinski definition) is 1. The molecule has 0 atom stereocenters. The van der Waals surface area contributed by atoms with E-state index in [1.807, 2.05) is 0 Å². The standard InChI is InChI=1S/C14H17F3N2O/c1-19(9-13(20)18-11-6-7-11)8-10-4-2-3-5-12(10)14(15,16)17/h2-5,11H,6-9H2,1H3,(H,18,20). The molecule has 0 saturated heterocycles. The van der Waals surface area contributed by atoms with Gasteiger partial charge in [-0.2, -0.15) is 13.2 Å². The summed E-state index contributed by atoms with van der Waals surface area (Å²) in [5, 5.41) is 2.81. The van der Waals surface area contributed by atoms with Crippen LogP contribution in [0.3, 0.4) is 0 Å². The van der Waals surface area contributed by atoms with Gasteiger partial charge in [-0.1, -0.05) is 18.2 Å². The third kappa shape index (κ3) is 4.23. The lowest BCUT2D eigenvalue weighted by atomic mass is 10.1. The number of amides is 1. The second-order valence-electron chi connectivity index (χ2n) is 5.17. The van der Waals surface area contributed by atoms with Crippen LogP contribution in [0.4, 0.5) is 13.2 Å². The van der Waals surface area contributed by atoms with Crippen molar-refractivity contribution < 1.29 is 18.0 Å². The lowest BCUT2D eigenvalue weighted by molar-refractivity contribution is -0.138. The molecule has 1 aromatic rings. The maximum atomic E-state index is 12.8. The minimum atomic E-state index is -4.37. The Hall–Kier alpha value is -1.56. The molecule has 0 bridgehead atoms. The Kier molecular flexibility index (Phi) is 4.32. The molecule has 0 spiro atoms. The molecule has 1 aliphatic rings. The second-order valence-corrected chi connectivity index (χ2v) is 5.17. The first-order chi connectivity index (χ1) is 9.36. The van der Waals surface area contributed by atoms with Gasteiger partial charge in [0.15, 0.2) is 0 Å². The zero-order valence-corrected chi connectivity index (χ0v) is 11.2. The van der Waals surface area contributed by atoms with E-state index < -0.39 is 11.7 Å². The van der Waals surface area contributed by atoms with Crippen LogP contribution in [-0.4, -0.2) is 30.4 Å². The van der Waals surface area contributed by atoms with Gasteiger partial charge in [0.25, 0.3) is 0 Å². The van der Waals surface area contributed by atoms with Gasteiger partial charge in [-0.15, -0.1) is 0 Å². The lowest BCUT2D eigenvalue weighted by Crippen LogP contribution is -2.36. The van der Waals surface area contributed by atoms with Gasteiger partial charge in [-0.3, -0.25) is 9.69 Å². The maximum absolute atomic E-state index is 12.8. The van der Waals surface area contributed by atoms with Crippen LogP contribution in [0.25, 0.3) is 0 Å². The third-order valence-corrected chi connectivity index (χ3v) is 3.12. The van der Waals surface area contributed by atoms with Crippen LogP contribution in [-0.2, 0) is 17.5 Å². The van der Waals surface area contributed by atoms with Crippen LogP contribution in [0.1, 0.15) is 24.0 Å². The average molecular weight is 286 g/mol. The summed E-state index contributed by atoms with van der Waals surface area (Å²) in [5.41, 5.74) is -0.462. The van der Waals surface area contributed by atoms with Crippen molar-refractivity contribution in [2.75, 3.05) is 13.6 Å². The molecule has 2 rings (SSSR count). The molecule has 110 valence electrons. The van der Waals surface area contributed by atoms with Gasteiger partial charge in [0, 0.05) is 12.6 Å². The van der Waals surface area contributed by atoms with E-state index in [4.69, 9.17) is 0 Å². The number of rotatable bonds is 5. The van der Waals surface area contributed by atoms with E-state index >= 15 is 0 Å². The van der Waals surface area contributed by atoms with Crippen LogP contribution in [0.15, 0.2) is 24.3 Å². The summed E-state index contributed by atoms with van der Waals surface area (Å²) in [5.74, 6) is -0.139. The van der Waals surface area contributed by atoms with Crippen LogP contribution < -0.4 is 5.32 Å². The molecule has 0 aliphatic heterocycles. The number of carbonyl (C=O) groups is 1. The van der Waals surface area contributed by atoms with E-state index in [9.17, 15) is 18.0 Å². The van der Waals surface area contributed by atoms with Crippen molar-refractivity contribution >= 4 is 5.91 Å². The van der Waals surface area contributed by atoms with E-state index in [0.717, 1.165) is 18.9 Å². The molecule has 1 aliphatic carbocycles. The molecule has 0 heterocycles. The van der Waals surface area contributed by atoms with Crippen LogP contribution in [0.5, 0.6) is 0 Å². The molecule has 6 heteroatoms. The van der Waals surface area contributed by atoms with Gasteiger partial charge < -0.3 is 5.32 Å². The number of nitrogens with one attached hydrogen (secondary N) is 1. The zero-order chi connectivity index (χ0) is 14.8. The zero-order valence-electron chi connectivity index (χ0n) is 11.2. The topological polar surface area (TPSA) is 32.3 Å². The highest BCUT2D eigenvalue weighted by molar-refractivity contribution is 5.78. The molecular weight excluding hydrogens is 269 g/mol. The van der Waals surface area contributed by atoms with Gasteiger partial charge in [0.05, 0.1) is 12.1 Å². The van der Waals surface area contributed by atoms with Crippen LogP contribution >= 0.6 is 0 Å². The van der Waals surface area contributed by atoms with Crippen LogP contribution in [0, 0.1) is 0 Å². The summed E-state index contributed by atoms with van der Waals surface area (Å²) in [6.07, 6.45) is -2.38. The van der Waals surface area contributed by atoms with E-state index in [-0.39, 0.29) is 30.6 Å². The largest absolute Gasteiger partial charge is 0.416 e. The first-order valence-corrected chi connectivity index (χ1v) is 6.49. The fraction of sp³-hybridized carbons (Fsp3) is 0.500. The van der Waals surface area contributed by atoms with Crippen molar-refractivity contribution in [3.63, 3.8) is 0 Å². The Morgan fingerprint density at radius 3 is 2.60 bits per heavy atom. The van der Waals surface area contributed by atoms with Gasteiger partial charge >= 0.3 is 6.18 Å². The average Bonchev–Trinajstić information content (AvgIpc) is 3.11. The maximum Gasteiger partial charge on any atom is 0.416 e. The molecule has 0 radical (unpaired) electrons. The molecule has 20 heavy (non-hydrogen) atoms. The molecule has 1 fully saturated rings. The Labute approximate surface area is 115 Å². The number of benzene rings is 1. The van der Waals surface area contributed by atoms with Crippen molar-refractivity contribution in [3.05, 3.63) is 35.4 Å². The van der Waals surface area contributed by atoms with E-state index in [1.54, 1.807) is 18.0 Å². The monoisotopic (exact) mass is 286 g/mol. The predicted octanol–water partition coefficient (Wildman–Crippen LogP) is 2.42. The summed E-state index contributed by atoms with van der Waals surface area (Å²) in [7, 11) is 1.64. The molecule has 1 saturated carbocycles. The Bertz CT molecular complexity index is 484. The SMILES string of the molecule is CN(CC(=O)NC1CC1)Cc1ccccc1C(F)(F)F. The molecule has 0 unspecified atom stereocenters. The highest BCUT2D eigenvalue weighted by Crippen LogP contribution is 2.32. The quantitative estimate of drug-likeness (QED) is 0.901. The summed E-state index contributed by atoms with van der Waals surface area (Å²) in [6, 6.07) is 5.71. The molecule has 1 N–H and O–H groups in total. The van der Waals surface area contributed by atoms with Crippen LogP contribution in [0.2, 0.25) is 0 Å². The van der Waals surface area contributed by atoms with Crippen molar-refractivity contribution in [1.82, 2.24) is 10.2 Å². The smallest absolute Gasteiger partial charge is 0.352 e. The van der Waals surface area contributed by atoms with Crippen molar-refractivity contribution in [1.29, 1.82) is 0 Å². The number of likely N-dealkylation sites (N-methyl/N-ethyl adjacent to an activating group) is 1. The van der Waals surface area contributed by atoms with E-state index in [1.165, 1.54) is 12.1 Å². The minimum Gasteiger partial charge on any atom is -0.352 e. The minimum absolute atomic E-state index is 0.0910. The summed E-state index contributed by atoms with van der Waals surface area (Å²) in [4.78, 5) is 13.2. The van der Waals surface area contributed by atoms with Gasteiger partial charge in [-0.25, -0.2) is 0 Å². The fourth-order valence-corrected chi connectivity index (χ4v) is 2.03. The number of carbonyl (C=O) groups excluding carboxylic acids is 1. The number of halogens is 3. The first kappa shape index (κ1) is 14.8. The van der Waals surface area contributed by atoms with Crippen molar-refractivity contribution in [3.8, 4) is 0 Å². The number of hydrogen-bond acceptors (Lipinski definition) is 2. The summed E-state index contributed by atoms with van der Waals surface area (Å²) >= 11 is 0. The summed E-state index contributed by atoms with van der Waals surface area (Å²) in [6.45, 7) is 0.191. The van der Waals surface area contributed by atoms with Gasteiger partial charge in [0.1, 0.15) is 0 Å². The molecule has 1 aromatic carbocycles. The van der Waals surface area contributed by atoms with E-state index in [0.29, 0.717) is 0 Å². The van der Waals surface area contributed by atoms with Crippen molar-refractivity contribution in [2.24, 2.45) is 0 Å². The summed E-state index contributed by atoms with van der Waals surface area (Å²) < 4.78 is 38.5. The highest BCUT2D eigenvalue weighted by Gasteiger charge is 2.33.